The van der Waals surface area contributed by atoms with Crippen LogP contribution in [0, 0.1) is 5.92 Å². The van der Waals surface area contributed by atoms with Crippen molar-refractivity contribution in [1.29, 1.82) is 0 Å². The maximum Gasteiger partial charge on any atom is 0.122 e. The molecule has 0 aromatic heterocycles. The minimum atomic E-state index is 0.581. The fourth-order valence-corrected chi connectivity index (χ4v) is 2.17. The Morgan fingerprint density at radius 1 is 1.24 bits per heavy atom. The first kappa shape index (κ1) is 14.0. The standard InChI is InChI=1S/C15H25NO/c1-3-4-5-8-13(12-16)11-14-9-6-7-10-15(14)17-2/h6-7,9-10,13H,3-5,8,11-12,16H2,1-2H3. The Hall–Kier alpha value is -1.02. The van der Waals surface area contributed by atoms with E-state index in [1.54, 1.807) is 7.11 Å². The van der Waals surface area contributed by atoms with E-state index in [-0.39, 0.29) is 0 Å². The fraction of sp³-hybridized carbons (Fsp3) is 0.600. The van der Waals surface area contributed by atoms with Gasteiger partial charge in [0.1, 0.15) is 5.75 Å². The Morgan fingerprint density at radius 3 is 2.65 bits per heavy atom. The predicted octanol–water partition coefficient (Wildman–Crippen LogP) is 3.39. The van der Waals surface area contributed by atoms with E-state index < -0.39 is 0 Å². The van der Waals surface area contributed by atoms with Gasteiger partial charge < -0.3 is 10.5 Å². The van der Waals surface area contributed by atoms with Crippen molar-refractivity contribution >= 4 is 0 Å². The molecule has 0 aliphatic heterocycles. The average Bonchev–Trinajstić information content (AvgIpc) is 2.38. The molecule has 0 amide bonds. The molecule has 0 bridgehead atoms. The lowest BCUT2D eigenvalue weighted by Gasteiger charge is -2.16. The molecule has 0 saturated heterocycles. The van der Waals surface area contributed by atoms with Gasteiger partial charge in [0.05, 0.1) is 7.11 Å². The Labute approximate surface area is 105 Å². The van der Waals surface area contributed by atoms with E-state index in [9.17, 15) is 0 Å². The molecule has 2 nitrogen and oxygen atoms in total. The Kier molecular flexibility index (Phi) is 6.71. The number of hydrogen-bond acceptors (Lipinski definition) is 2. The number of unbranched alkanes of at least 4 members (excludes halogenated alkanes) is 2. The van der Waals surface area contributed by atoms with Crippen molar-refractivity contribution in [3.8, 4) is 5.75 Å². The van der Waals surface area contributed by atoms with Gasteiger partial charge in [0.25, 0.3) is 0 Å². The van der Waals surface area contributed by atoms with Crippen LogP contribution in [0.3, 0.4) is 0 Å². The molecule has 1 aromatic carbocycles. The van der Waals surface area contributed by atoms with E-state index in [0.717, 1.165) is 18.7 Å². The van der Waals surface area contributed by atoms with E-state index in [0.29, 0.717) is 5.92 Å². The highest BCUT2D eigenvalue weighted by atomic mass is 16.5. The first-order valence-electron chi connectivity index (χ1n) is 6.63. The number of nitrogens with two attached hydrogens (primary N) is 1. The van der Waals surface area contributed by atoms with Gasteiger partial charge in [-0.2, -0.15) is 0 Å². The molecule has 0 aliphatic carbocycles. The molecule has 0 spiro atoms. The van der Waals surface area contributed by atoms with Crippen LogP contribution in [0.5, 0.6) is 5.75 Å². The quantitative estimate of drug-likeness (QED) is 0.701. The predicted molar refractivity (Wildman–Crippen MR) is 73.4 cm³/mol. The third-order valence-corrected chi connectivity index (χ3v) is 3.25. The molecule has 1 unspecified atom stereocenters. The smallest absolute Gasteiger partial charge is 0.122 e. The molecule has 96 valence electrons. The summed E-state index contributed by atoms with van der Waals surface area (Å²) in [6.45, 7) is 3.00. The molecule has 0 saturated carbocycles. The summed E-state index contributed by atoms with van der Waals surface area (Å²) in [5, 5.41) is 0. The van der Waals surface area contributed by atoms with Gasteiger partial charge in [0.2, 0.25) is 0 Å². The van der Waals surface area contributed by atoms with Gasteiger partial charge in [0, 0.05) is 0 Å². The molecule has 0 fully saturated rings. The third-order valence-electron chi connectivity index (χ3n) is 3.25. The maximum atomic E-state index is 5.85. The van der Waals surface area contributed by atoms with Crippen LogP contribution in [-0.4, -0.2) is 13.7 Å². The van der Waals surface area contributed by atoms with Crippen LogP contribution >= 0.6 is 0 Å². The Balaban J connectivity index is 2.54. The van der Waals surface area contributed by atoms with Gasteiger partial charge in [-0.05, 0) is 36.9 Å². The summed E-state index contributed by atoms with van der Waals surface area (Å²) in [4.78, 5) is 0. The SMILES string of the molecule is CCCCCC(CN)Cc1ccccc1OC. The van der Waals surface area contributed by atoms with Gasteiger partial charge in [-0.15, -0.1) is 0 Å². The molecule has 0 aliphatic rings. The molecular formula is C15H25NO. The van der Waals surface area contributed by atoms with Crippen LogP contribution in [0.1, 0.15) is 38.2 Å². The van der Waals surface area contributed by atoms with E-state index >= 15 is 0 Å². The van der Waals surface area contributed by atoms with Crippen molar-refractivity contribution in [1.82, 2.24) is 0 Å². The summed E-state index contributed by atoms with van der Waals surface area (Å²) >= 11 is 0. The van der Waals surface area contributed by atoms with Crippen molar-refractivity contribution in [2.75, 3.05) is 13.7 Å². The third kappa shape index (κ3) is 4.78. The molecule has 1 aromatic rings. The number of hydrogen-bond donors (Lipinski definition) is 1. The first-order valence-corrected chi connectivity index (χ1v) is 6.63. The van der Waals surface area contributed by atoms with Crippen molar-refractivity contribution in [3.05, 3.63) is 29.8 Å². The Bertz CT molecular complexity index is 312. The summed E-state index contributed by atoms with van der Waals surface area (Å²) in [5.41, 5.74) is 7.13. The topological polar surface area (TPSA) is 35.2 Å². The van der Waals surface area contributed by atoms with Crippen LogP contribution in [-0.2, 0) is 6.42 Å². The van der Waals surface area contributed by atoms with Crippen molar-refractivity contribution < 1.29 is 4.74 Å². The molecular weight excluding hydrogens is 210 g/mol. The van der Waals surface area contributed by atoms with E-state index in [1.807, 2.05) is 12.1 Å². The van der Waals surface area contributed by atoms with Gasteiger partial charge >= 0.3 is 0 Å². The molecule has 0 heterocycles. The second kappa shape index (κ2) is 8.13. The summed E-state index contributed by atoms with van der Waals surface area (Å²) in [6, 6.07) is 8.24. The minimum Gasteiger partial charge on any atom is -0.496 e. The van der Waals surface area contributed by atoms with Crippen molar-refractivity contribution in [2.45, 2.75) is 39.0 Å². The first-order chi connectivity index (χ1) is 8.31. The number of para-hydroxylation sites is 1. The van der Waals surface area contributed by atoms with E-state index in [1.165, 1.54) is 31.2 Å². The summed E-state index contributed by atoms with van der Waals surface area (Å²) in [6.07, 6.45) is 6.12. The monoisotopic (exact) mass is 235 g/mol. The van der Waals surface area contributed by atoms with Crippen LogP contribution in [0.4, 0.5) is 0 Å². The fourth-order valence-electron chi connectivity index (χ4n) is 2.17. The second-order valence-corrected chi connectivity index (χ2v) is 4.61. The van der Waals surface area contributed by atoms with Crippen LogP contribution < -0.4 is 10.5 Å². The number of methoxy groups -OCH3 is 1. The van der Waals surface area contributed by atoms with Crippen molar-refractivity contribution in [2.24, 2.45) is 11.7 Å². The van der Waals surface area contributed by atoms with Crippen LogP contribution in [0.15, 0.2) is 24.3 Å². The van der Waals surface area contributed by atoms with Gasteiger partial charge in [-0.25, -0.2) is 0 Å². The van der Waals surface area contributed by atoms with Crippen molar-refractivity contribution in [3.63, 3.8) is 0 Å². The second-order valence-electron chi connectivity index (χ2n) is 4.61. The Morgan fingerprint density at radius 2 is 2.00 bits per heavy atom. The lowest BCUT2D eigenvalue weighted by molar-refractivity contribution is 0.399. The summed E-state index contributed by atoms with van der Waals surface area (Å²) in [5.74, 6) is 1.57. The summed E-state index contributed by atoms with van der Waals surface area (Å²) in [7, 11) is 1.73. The van der Waals surface area contributed by atoms with Gasteiger partial charge in [-0.1, -0.05) is 44.4 Å². The molecule has 2 N–H and O–H groups in total. The highest BCUT2D eigenvalue weighted by molar-refractivity contribution is 5.33. The zero-order valence-electron chi connectivity index (χ0n) is 11.1. The lowest BCUT2D eigenvalue weighted by atomic mass is 9.93. The lowest BCUT2D eigenvalue weighted by Crippen LogP contribution is -2.17. The normalized spacial score (nSPS) is 12.4. The van der Waals surface area contributed by atoms with Gasteiger partial charge in [-0.3, -0.25) is 0 Å². The largest absolute Gasteiger partial charge is 0.496 e. The molecule has 1 rings (SSSR count). The molecule has 1 atom stereocenters. The average molecular weight is 235 g/mol. The van der Waals surface area contributed by atoms with Crippen LogP contribution in [0.25, 0.3) is 0 Å². The summed E-state index contributed by atoms with van der Waals surface area (Å²) < 4.78 is 5.38. The maximum absolute atomic E-state index is 5.85. The highest BCUT2D eigenvalue weighted by Crippen LogP contribution is 2.23. The van der Waals surface area contributed by atoms with Crippen LogP contribution in [0.2, 0.25) is 0 Å². The number of rotatable bonds is 8. The molecule has 0 radical (unpaired) electrons. The zero-order chi connectivity index (χ0) is 12.5. The van der Waals surface area contributed by atoms with E-state index in [4.69, 9.17) is 10.5 Å². The minimum absolute atomic E-state index is 0.581. The highest BCUT2D eigenvalue weighted by Gasteiger charge is 2.10. The van der Waals surface area contributed by atoms with Gasteiger partial charge in [0.15, 0.2) is 0 Å². The van der Waals surface area contributed by atoms with E-state index in [2.05, 4.69) is 19.1 Å². The molecule has 2 heteroatoms. The number of ether oxygens (including phenoxy) is 1. The molecule has 17 heavy (non-hydrogen) atoms. The zero-order valence-corrected chi connectivity index (χ0v) is 11.1. The number of benzene rings is 1.